The smallest absolute Gasteiger partial charge is 0.123 e. The monoisotopic (exact) mass is 195 g/mol. The topological polar surface area (TPSA) is 21.3 Å². The molecule has 0 amide bonds. The number of halogens is 1. The van der Waals surface area contributed by atoms with Crippen LogP contribution in [0, 0.1) is 5.82 Å². The van der Waals surface area contributed by atoms with E-state index in [4.69, 9.17) is 4.74 Å². The fourth-order valence-corrected chi connectivity index (χ4v) is 1.67. The van der Waals surface area contributed by atoms with Crippen LogP contribution in [0.25, 0.3) is 0 Å². The molecule has 0 saturated carbocycles. The molecule has 0 aromatic heterocycles. The van der Waals surface area contributed by atoms with Crippen LogP contribution in [-0.4, -0.2) is 12.3 Å². The van der Waals surface area contributed by atoms with Crippen molar-refractivity contribution in [2.24, 2.45) is 0 Å². The molecule has 1 fully saturated rings. The molecule has 0 bridgehead atoms. The standard InChI is InChI=1S/C11H14FNO/c1-11(2)13-7-10(14-11)8-4-3-5-9(12)6-8/h3-6,10,13H,7H2,1-2H3. The van der Waals surface area contributed by atoms with Gasteiger partial charge < -0.3 is 4.74 Å². The number of nitrogens with one attached hydrogen (secondary N) is 1. The molecule has 1 aliphatic heterocycles. The van der Waals surface area contributed by atoms with E-state index >= 15 is 0 Å². The number of benzene rings is 1. The number of hydrogen-bond acceptors (Lipinski definition) is 2. The van der Waals surface area contributed by atoms with Gasteiger partial charge in [-0.1, -0.05) is 12.1 Å². The van der Waals surface area contributed by atoms with E-state index in [1.807, 2.05) is 19.9 Å². The Bertz CT molecular complexity index is 338. The van der Waals surface area contributed by atoms with E-state index in [0.717, 1.165) is 12.1 Å². The number of hydrogen-bond donors (Lipinski definition) is 1. The van der Waals surface area contributed by atoms with Crippen molar-refractivity contribution in [1.82, 2.24) is 5.32 Å². The fraction of sp³-hybridized carbons (Fsp3) is 0.455. The SMILES string of the molecule is CC1(C)NCC(c2cccc(F)c2)O1. The maximum Gasteiger partial charge on any atom is 0.123 e. The van der Waals surface area contributed by atoms with Crippen molar-refractivity contribution in [2.75, 3.05) is 6.54 Å². The van der Waals surface area contributed by atoms with Crippen LogP contribution in [-0.2, 0) is 4.74 Å². The summed E-state index contributed by atoms with van der Waals surface area (Å²) in [6.07, 6.45) is -0.0410. The summed E-state index contributed by atoms with van der Waals surface area (Å²) in [5.74, 6) is -0.212. The van der Waals surface area contributed by atoms with E-state index in [1.165, 1.54) is 12.1 Å². The molecule has 0 spiro atoms. The summed E-state index contributed by atoms with van der Waals surface area (Å²) in [6, 6.07) is 6.56. The molecule has 1 aromatic rings. The van der Waals surface area contributed by atoms with E-state index in [2.05, 4.69) is 5.32 Å². The first-order chi connectivity index (χ1) is 6.57. The Labute approximate surface area is 83.1 Å². The third kappa shape index (κ3) is 1.94. The molecule has 1 atom stereocenters. The highest BCUT2D eigenvalue weighted by molar-refractivity contribution is 5.20. The lowest BCUT2D eigenvalue weighted by atomic mass is 10.1. The van der Waals surface area contributed by atoms with Gasteiger partial charge in [-0.05, 0) is 31.5 Å². The van der Waals surface area contributed by atoms with Gasteiger partial charge >= 0.3 is 0 Å². The lowest BCUT2D eigenvalue weighted by molar-refractivity contribution is -0.0241. The van der Waals surface area contributed by atoms with Crippen molar-refractivity contribution in [2.45, 2.75) is 25.7 Å². The maximum absolute atomic E-state index is 12.9. The molecule has 0 radical (unpaired) electrons. The Kier molecular flexibility index (Phi) is 2.29. The van der Waals surface area contributed by atoms with Crippen molar-refractivity contribution in [3.05, 3.63) is 35.6 Å². The first kappa shape index (κ1) is 9.62. The first-order valence-corrected chi connectivity index (χ1v) is 4.75. The minimum absolute atomic E-state index is 0.0410. The predicted octanol–water partition coefficient (Wildman–Crippen LogP) is 2.22. The van der Waals surface area contributed by atoms with Gasteiger partial charge in [0, 0.05) is 6.54 Å². The highest BCUT2D eigenvalue weighted by atomic mass is 19.1. The summed E-state index contributed by atoms with van der Waals surface area (Å²) in [7, 11) is 0. The lowest BCUT2D eigenvalue weighted by Crippen LogP contribution is -2.33. The second-order valence-electron chi connectivity index (χ2n) is 4.05. The maximum atomic E-state index is 12.9. The van der Waals surface area contributed by atoms with Crippen molar-refractivity contribution in [3.8, 4) is 0 Å². The summed E-state index contributed by atoms with van der Waals surface area (Å²) < 4.78 is 18.6. The second-order valence-corrected chi connectivity index (χ2v) is 4.05. The van der Waals surface area contributed by atoms with Gasteiger partial charge in [0.25, 0.3) is 0 Å². The van der Waals surface area contributed by atoms with Crippen molar-refractivity contribution < 1.29 is 9.13 Å². The molecule has 1 heterocycles. The highest BCUT2D eigenvalue weighted by Gasteiger charge is 2.31. The van der Waals surface area contributed by atoms with E-state index in [0.29, 0.717) is 0 Å². The Balaban J connectivity index is 2.17. The van der Waals surface area contributed by atoms with Crippen LogP contribution in [0.4, 0.5) is 4.39 Å². The van der Waals surface area contributed by atoms with E-state index < -0.39 is 0 Å². The minimum Gasteiger partial charge on any atom is -0.352 e. The predicted molar refractivity (Wildman–Crippen MR) is 52.3 cm³/mol. The van der Waals surface area contributed by atoms with Crippen LogP contribution in [0.2, 0.25) is 0 Å². The van der Waals surface area contributed by atoms with Gasteiger partial charge in [-0.15, -0.1) is 0 Å². The molecule has 1 aromatic carbocycles. The zero-order valence-electron chi connectivity index (χ0n) is 8.38. The van der Waals surface area contributed by atoms with Crippen molar-refractivity contribution >= 4 is 0 Å². The molecule has 1 N–H and O–H groups in total. The Hall–Kier alpha value is -0.930. The van der Waals surface area contributed by atoms with Gasteiger partial charge in [0.15, 0.2) is 0 Å². The van der Waals surface area contributed by atoms with Gasteiger partial charge in [-0.25, -0.2) is 4.39 Å². The molecular weight excluding hydrogens is 181 g/mol. The van der Waals surface area contributed by atoms with Gasteiger partial charge in [0.05, 0.1) is 6.10 Å². The third-order valence-corrected chi connectivity index (χ3v) is 2.37. The minimum atomic E-state index is -0.309. The summed E-state index contributed by atoms with van der Waals surface area (Å²) >= 11 is 0. The molecule has 14 heavy (non-hydrogen) atoms. The van der Waals surface area contributed by atoms with Gasteiger partial charge in [0.1, 0.15) is 11.5 Å². The van der Waals surface area contributed by atoms with Crippen molar-refractivity contribution in [1.29, 1.82) is 0 Å². The van der Waals surface area contributed by atoms with Crippen LogP contribution < -0.4 is 5.32 Å². The average Bonchev–Trinajstić information content (AvgIpc) is 2.46. The Morgan fingerprint density at radius 1 is 1.50 bits per heavy atom. The van der Waals surface area contributed by atoms with Gasteiger partial charge in [-0.2, -0.15) is 0 Å². The second kappa shape index (κ2) is 3.33. The third-order valence-electron chi connectivity index (χ3n) is 2.37. The summed E-state index contributed by atoms with van der Waals surface area (Å²) in [5.41, 5.74) is 0.583. The molecule has 1 aliphatic rings. The van der Waals surface area contributed by atoms with Crippen LogP contribution in [0.3, 0.4) is 0 Å². The molecule has 1 unspecified atom stereocenters. The summed E-state index contributed by atoms with van der Waals surface area (Å²) in [4.78, 5) is 0. The summed E-state index contributed by atoms with van der Waals surface area (Å²) in [6.45, 7) is 4.66. The molecule has 1 saturated heterocycles. The van der Waals surface area contributed by atoms with E-state index in [1.54, 1.807) is 6.07 Å². The number of rotatable bonds is 1. The van der Waals surface area contributed by atoms with Crippen LogP contribution in [0.15, 0.2) is 24.3 Å². The van der Waals surface area contributed by atoms with E-state index in [-0.39, 0.29) is 17.6 Å². The van der Waals surface area contributed by atoms with Crippen LogP contribution >= 0.6 is 0 Å². The van der Waals surface area contributed by atoms with Crippen LogP contribution in [0.1, 0.15) is 25.5 Å². The molecule has 76 valence electrons. The largest absolute Gasteiger partial charge is 0.352 e. The zero-order valence-corrected chi connectivity index (χ0v) is 8.38. The molecular formula is C11H14FNO. The van der Waals surface area contributed by atoms with Gasteiger partial charge in [-0.3, -0.25) is 5.32 Å². The first-order valence-electron chi connectivity index (χ1n) is 4.75. The van der Waals surface area contributed by atoms with Crippen molar-refractivity contribution in [3.63, 3.8) is 0 Å². The highest BCUT2D eigenvalue weighted by Crippen LogP contribution is 2.28. The molecule has 2 nitrogen and oxygen atoms in total. The average molecular weight is 195 g/mol. The fourth-order valence-electron chi connectivity index (χ4n) is 1.67. The number of ether oxygens (including phenoxy) is 1. The van der Waals surface area contributed by atoms with Crippen LogP contribution in [0.5, 0.6) is 0 Å². The quantitative estimate of drug-likeness (QED) is 0.742. The van der Waals surface area contributed by atoms with Gasteiger partial charge in [0.2, 0.25) is 0 Å². The summed E-state index contributed by atoms with van der Waals surface area (Å²) in [5, 5.41) is 3.22. The normalized spacial score (nSPS) is 25.2. The Morgan fingerprint density at radius 3 is 2.86 bits per heavy atom. The Morgan fingerprint density at radius 2 is 2.29 bits per heavy atom. The molecule has 0 aliphatic carbocycles. The zero-order chi connectivity index (χ0) is 10.2. The molecule has 2 rings (SSSR count). The van der Waals surface area contributed by atoms with E-state index in [9.17, 15) is 4.39 Å². The lowest BCUT2D eigenvalue weighted by Gasteiger charge is -2.18. The molecule has 3 heteroatoms.